The summed E-state index contributed by atoms with van der Waals surface area (Å²) in [5.74, 6) is 2.03. The molecule has 2 nitrogen and oxygen atoms in total. The summed E-state index contributed by atoms with van der Waals surface area (Å²) in [6.45, 7) is 4.33. The van der Waals surface area contributed by atoms with Crippen LogP contribution in [0.3, 0.4) is 0 Å². The molecule has 0 saturated heterocycles. The van der Waals surface area contributed by atoms with Gasteiger partial charge >= 0.3 is 0 Å². The molecule has 0 atom stereocenters. The lowest BCUT2D eigenvalue weighted by atomic mass is 10.1. The molecule has 0 aliphatic rings. The lowest BCUT2D eigenvalue weighted by Crippen LogP contribution is -2.29. The lowest BCUT2D eigenvalue weighted by molar-refractivity contribution is 0.416. The Balaban J connectivity index is 2.33. The molecule has 0 radical (unpaired) electrons. The van der Waals surface area contributed by atoms with Gasteiger partial charge < -0.3 is 9.47 Å². The highest BCUT2D eigenvalue weighted by atomic mass is 28.2. The minimum absolute atomic E-state index is 0.611. The maximum atomic E-state index is 5.57. The van der Waals surface area contributed by atoms with E-state index < -0.39 is 9.52 Å². The van der Waals surface area contributed by atoms with Crippen molar-refractivity contribution in [2.45, 2.75) is 26.7 Å². The van der Waals surface area contributed by atoms with E-state index in [9.17, 15) is 0 Å². The first-order valence-corrected chi connectivity index (χ1v) is 8.94. The van der Waals surface area contributed by atoms with Gasteiger partial charge in [-0.1, -0.05) is 38.1 Å². The normalized spacial score (nSPS) is 10.5. The van der Waals surface area contributed by atoms with Crippen LogP contribution in [0.15, 0.2) is 36.4 Å². The van der Waals surface area contributed by atoms with Crippen molar-refractivity contribution in [3.63, 3.8) is 0 Å². The number of hydrogen-bond acceptors (Lipinski definition) is 2. The van der Waals surface area contributed by atoms with Crippen LogP contribution >= 0.6 is 0 Å². The Morgan fingerprint density at radius 2 is 1.19 bits per heavy atom. The third kappa shape index (κ3) is 3.67. The summed E-state index contributed by atoms with van der Waals surface area (Å²) in [6, 6.07) is 13.2. The van der Waals surface area contributed by atoms with Crippen molar-refractivity contribution in [2.24, 2.45) is 0 Å². The van der Waals surface area contributed by atoms with Crippen molar-refractivity contribution in [3.05, 3.63) is 47.5 Å². The van der Waals surface area contributed by atoms with Gasteiger partial charge in [-0.15, -0.1) is 0 Å². The molecule has 112 valence electrons. The van der Waals surface area contributed by atoms with E-state index in [-0.39, 0.29) is 0 Å². The number of ether oxygens (including phenoxy) is 2. The van der Waals surface area contributed by atoms with Gasteiger partial charge in [0.2, 0.25) is 0 Å². The van der Waals surface area contributed by atoms with E-state index in [2.05, 4.69) is 50.2 Å². The van der Waals surface area contributed by atoms with Crippen LogP contribution in [-0.4, -0.2) is 23.7 Å². The highest BCUT2D eigenvalue weighted by Gasteiger charge is 2.10. The molecule has 0 amide bonds. The Bertz CT molecular complexity index is 555. The minimum Gasteiger partial charge on any atom is -0.497 e. The van der Waals surface area contributed by atoms with Crippen LogP contribution < -0.4 is 19.8 Å². The molecule has 0 spiro atoms. The molecule has 0 aliphatic carbocycles. The Morgan fingerprint density at radius 1 is 0.762 bits per heavy atom. The second kappa shape index (κ2) is 7.32. The summed E-state index contributed by atoms with van der Waals surface area (Å²) >= 11 is 0. The van der Waals surface area contributed by atoms with Crippen LogP contribution in [0.4, 0.5) is 0 Å². The number of methoxy groups -OCH3 is 2. The van der Waals surface area contributed by atoms with E-state index in [0.29, 0.717) is 0 Å². The summed E-state index contributed by atoms with van der Waals surface area (Å²) < 4.78 is 11.1. The molecular formula is C18H24O2Si. The van der Waals surface area contributed by atoms with Crippen LogP contribution in [0.2, 0.25) is 0 Å². The minimum atomic E-state index is -0.611. The smallest absolute Gasteiger partial charge is 0.118 e. The number of hydrogen-bond donors (Lipinski definition) is 0. The van der Waals surface area contributed by atoms with Gasteiger partial charge in [0.05, 0.1) is 23.7 Å². The molecule has 0 aliphatic heterocycles. The van der Waals surface area contributed by atoms with Crippen molar-refractivity contribution in [1.29, 1.82) is 0 Å². The topological polar surface area (TPSA) is 18.5 Å². The summed E-state index contributed by atoms with van der Waals surface area (Å²) in [5, 5.41) is 2.66. The fourth-order valence-electron chi connectivity index (χ4n) is 2.52. The monoisotopic (exact) mass is 300 g/mol. The molecular weight excluding hydrogens is 276 g/mol. The van der Waals surface area contributed by atoms with Crippen LogP contribution in [0.1, 0.15) is 25.0 Å². The van der Waals surface area contributed by atoms with E-state index >= 15 is 0 Å². The van der Waals surface area contributed by atoms with Gasteiger partial charge in [-0.25, -0.2) is 0 Å². The van der Waals surface area contributed by atoms with Gasteiger partial charge in [-0.3, -0.25) is 0 Å². The molecule has 0 unspecified atom stereocenters. The predicted octanol–water partition coefficient (Wildman–Crippen LogP) is 1.95. The Kier molecular flexibility index (Phi) is 5.45. The summed E-state index contributed by atoms with van der Waals surface area (Å²) in [6.07, 6.45) is 2.07. The molecule has 0 saturated carbocycles. The summed E-state index contributed by atoms with van der Waals surface area (Å²) in [7, 11) is 2.90. The van der Waals surface area contributed by atoms with Gasteiger partial charge in [0.1, 0.15) is 11.5 Å². The zero-order chi connectivity index (χ0) is 15.2. The average Bonchev–Trinajstić information content (AvgIpc) is 2.55. The molecule has 0 heterocycles. The fourth-order valence-corrected chi connectivity index (χ4v) is 4.24. The van der Waals surface area contributed by atoms with E-state index in [1.807, 2.05) is 0 Å². The molecule has 0 fully saturated rings. The van der Waals surface area contributed by atoms with Gasteiger partial charge in [0, 0.05) is 0 Å². The van der Waals surface area contributed by atoms with Gasteiger partial charge in [0.25, 0.3) is 0 Å². The highest BCUT2D eigenvalue weighted by Crippen LogP contribution is 2.14. The van der Waals surface area contributed by atoms with E-state index in [0.717, 1.165) is 24.3 Å². The molecule has 2 aromatic carbocycles. The maximum absolute atomic E-state index is 5.57. The van der Waals surface area contributed by atoms with Crippen LogP contribution in [0.5, 0.6) is 11.5 Å². The molecule has 2 aromatic rings. The van der Waals surface area contributed by atoms with Crippen LogP contribution in [0.25, 0.3) is 0 Å². The van der Waals surface area contributed by atoms with Crippen LogP contribution in [-0.2, 0) is 12.8 Å². The molecule has 0 bridgehead atoms. The average molecular weight is 300 g/mol. The highest BCUT2D eigenvalue weighted by molar-refractivity contribution is 6.69. The third-order valence-electron chi connectivity index (χ3n) is 3.90. The van der Waals surface area contributed by atoms with Crippen LogP contribution in [0, 0.1) is 0 Å². The first-order chi connectivity index (χ1) is 10.2. The van der Waals surface area contributed by atoms with Gasteiger partial charge in [-0.2, -0.15) is 0 Å². The van der Waals surface area contributed by atoms with Crippen molar-refractivity contribution in [2.75, 3.05) is 14.2 Å². The SMILES string of the molecule is CCc1ccc([SiH2]c2ccc(CC)cc2OC)c(OC)c1. The Morgan fingerprint density at radius 3 is 1.52 bits per heavy atom. The zero-order valence-electron chi connectivity index (χ0n) is 13.4. The molecule has 0 aromatic heterocycles. The maximum Gasteiger partial charge on any atom is 0.118 e. The zero-order valence-corrected chi connectivity index (χ0v) is 14.8. The number of benzene rings is 2. The van der Waals surface area contributed by atoms with Crippen molar-refractivity contribution in [3.8, 4) is 11.5 Å². The summed E-state index contributed by atoms with van der Waals surface area (Å²) in [5.41, 5.74) is 2.63. The fraction of sp³-hybridized carbons (Fsp3) is 0.333. The quantitative estimate of drug-likeness (QED) is 0.759. The van der Waals surface area contributed by atoms with Gasteiger partial charge in [0.15, 0.2) is 0 Å². The van der Waals surface area contributed by atoms with E-state index in [1.165, 1.54) is 21.5 Å². The van der Waals surface area contributed by atoms with Crippen molar-refractivity contribution >= 4 is 19.9 Å². The Hall–Kier alpha value is -1.74. The first-order valence-electron chi connectivity index (χ1n) is 7.53. The summed E-state index contributed by atoms with van der Waals surface area (Å²) in [4.78, 5) is 0. The number of aryl methyl sites for hydroxylation is 2. The lowest BCUT2D eigenvalue weighted by Gasteiger charge is -2.13. The van der Waals surface area contributed by atoms with E-state index in [4.69, 9.17) is 9.47 Å². The Labute approximate surface area is 129 Å². The predicted molar refractivity (Wildman–Crippen MR) is 92.6 cm³/mol. The largest absolute Gasteiger partial charge is 0.497 e. The van der Waals surface area contributed by atoms with Crippen molar-refractivity contribution in [1.82, 2.24) is 0 Å². The van der Waals surface area contributed by atoms with E-state index in [1.54, 1.807) is 14.2 Å². The standard InChI is InChI=1S/C18H24O2Si/c1-5-13-7-9-17(15(11-13)19-3)21-18-10-8-14(6-2)12-16(18)20-4/h7-12H,5-6,21H2,1-4H3. The molecule has 3 heteroatoms. The molecule has 0 N–H and O–H groups in total. The molecule has 21 heavy (non-hydrogen) atoms. The van der Waals surface area contributed by atoms with Crippen molar-refractivity contribution < 1.29 is 9.47 Å². The molecule has 2 rings (SSSR count). The second-order valence-electron chi connectivity index (χ2n) is 5.18. The number of rotatable bonds is 6. The first kappa shape index (κ1) is 15.6. The van der Waals surface area contributed by atoms with Gasteiger partial charge in [-0.05, 0) is 46.5 Å². The second-order valence-corrected chi connectivity index (χ2v) is 7.05. The third-order valence-corrected chi connectivity index (χ3v) is 5.83.